The van der Waals surface area contributed by atoms with E-state index in [2.05, 4.69) is 20.4 Å². The molecule has 0 aliphatic carbocycles. The Morgan fingerprint density at radius 1 is 1.23 bits per heavy atom. The fraction of sp³-hybridized carbons (Fsp3) is 0.368. The molecule has 0 saturated carbocycles. The molecule has 1 saturated heterocycles. The number of aliphatic hydroxyl groups is 1. The zero-order valence-electron chi connectivity index (χ0n) is 16.2. The van der Waals surface area contributed by atoms with Gasteiger partial charge in [0, 0.05) is 25.2 Å². The molecule has 0 spiro atoms. The van der Waals surface area contributed by atoms with Gasteiger partial charge < -0.3 is 20.1 Å². The summed E-state index contributed by atoms with van der Waals surface area (Å²) in [7, 11) is 0. The number of aliphatic hydroxyl groups excluding tert-OH is 1. The Morgan fingerprint density at radius 3 is 2.68 bits per heavy atom. The van der Waals surface area contributed by atoms with Crippen LogP contribution in [0.25, 0.3) is 0 Å². The zero-order valence-corrected chi connectivity index (χ0v) is 16.2. The molecule has 164 valence electrons. The lowest BCUT2D eigenvalue weighted by Gasteiger charge is -2.40. The Morgan fingerprint density at radius 2 is 1.97 bits per heavy atom. The molecule has 1 unspecified atom stereocenters. The lowest BCUT2D eigenvalue weighted by molar-refractivity contribution is 0.0230. The third-order valence-electron chi connectivity index (χ3n) is 4.80. The van der Waals surface area contributed by atoms with E-state index >= 15 is 0 Å². The van der Waals surface area contributed by atoms with Gasteiger partial charge in [0.05, 0.1) is 31.9 Å². The van der Waals surface area contributed by atoms with E-state index in [4.69, 9.17) is 9.84 Å². The standard InChI is InChI=1S/C19H19F3N6O3/c20-12-5-11(6-13(21)7-12)16-1-2-25-28(16)19(30)27-9-14(10-27)31-17-15(22)8-24-18(26-17)23-3-4-29/h2,5-8,14,16,29H,1,3-4,9-10H2,(H,23,24,26). The summed E-state index contributed by atoms with van der Waals surface area (Å²) >= 11 is 0. The highest BCUT2D eigenvalue weighted by Crippen LogP contribution is 2.31. The molecule has 31 heavy (non-hydrogen) atoms. The summed E-state index contributed by atoms with van der Waals surface area (Å²) in [5.74, 6) is -2.37. The molecule has 1 fully saturated rings. The molecule has 2 aliphatic heterocycles. The fourth-order valence-electron chi connectivity index (χ4n) is 3.30. The smallest absolute Gasteiger partial charge is 0.341 e. The van der Waals surface area contributed by atoms with Gasteiger partial charge in [-0.3, -0.25) is 0 Å². The lowest BCUT2D eigenvalue weighted by atomic mass is 10.0. The number of carbonyl (C=O) groups excluding carboxylic acids is 1. The number of carbonyl (C=O) groups is 1. The zero-order chi connectivity index (χ0) is 22.0. The van der Waals surface area contributed by atoms with Crippen LogP contribution in [0.4, 0.5) is 23.9 Å². The number of benzene rings is 1. The van der Waals surface area contributed by atoms with Gasteiger partial charge in [0.2, 0.25) is 11.8 Å². The molecule has 2 N–H and O–H groups in total. The molecule has 0 radical (unpaired) electrons. The number of urea groups is 1. The summed E-state index contributed by atoms with van der Waals surface area (Å²) in [5.41, 5.74) is 0.308. The summed E-state index contributed by atoms with van der Waals surface area (Å²) in [6.07, 6.45) is 2.30. The van der Waals surface area contributed by atoms with Gasteiger partial charge in [0.15, 0.2) is 0 Å². The van der Waals surface area contributed by atoms with Crippen molar-refractivity contribution in [3.63, 3.8) is 0 Å². The topological polar surface area (TPSA) is 103 Å². The number of aromatic nitrogens is 2. The molecule has 3 heterocycles. The second-order valence-corrected chi connectivity index (χ2v) is 7.02. The summed E-state index contributed by atoms with van der Waals surface area (Å²) in [6, 6.07) is 2.05. The van der Waals surface area contributed by atoms with E-state index in [-0.39, 0.29) is 38.1 Å². The first-order chi connectivity index (χ1) is 14.9. The van der Waals surface area contributed by atoms with E-state index in [0.29, 0.717) is 12.0 Å². The number of hydrogen-bond acceptors (Lipinski definition) is 7. The van der Waals surface area contributed by atoms with E-state index in [1.165, 1.54) is 28.3 Å². The van der Waals surface area contributed by atoms with Crippen LogP contribution in [-0.2, 0) is 0 Å². The quantitative estimate of drug-likeness (QED) is 0.717. The van der Waals surface area contributed by atoms with E-state index in [0.717, 1.165) is 12.3 Å². The van der Waals surface area contributed by atoms with Gasteiger partial charge >= 0.3 is 6.03 Å². The van der Waals surface area contributed by atoms with Gasteiger partial charge in [0.1, 0.15) is 17.7 Å². The van der Waals surface area contributed by atoms with E-state index in [1.54, 1.807) is 0 Å². The molecular formula is C19H19F3N6O3. The molecule has 2 aromatic rings. The van der Waals surface area contributed by atoms with Crippen LogP contribution < -0.4 is 10.1 Å². The van der Waals surface area contributed by atoms with Gasteiger partial charge in [-0.1, -0.05) is 0 Å². The maximum atomic E-state index is 13.9. The van der Waals surface area contributed by atoms with Crippen LogP contribution in [-0.4, -0.2) is 69.6 Å². The first-order valence-electron chi connectivity index (χ1n) is 9.55. The summed E-state index contributed by atoms with van der Waals surface area (Å²) < 4.78 is 46.6. The summed E-state index contributed by atoms with van der Waals surface area (Å²) in [5, 5.41) is 16.7. The number of ether oxygens (including phenoxy) is 1. The van der Waals surface area contributed by atoms with Crippen LogP contribution in [0.2, 0.25) is 0 Å². The minimum Gasteiger partial charge on any atom is -0.468 e. The minimum atomic E-state index is -0.753. The van der Waals surface area contributed by atoms with Crippen LogP contribution in [0.1, 0.15) is 18.0 Å². The highest BCUT2D eigenvalue weighted by Gasteiger charge is 2.39. The van der Waals surface area contributed by atoms with Crippen LogP contribution in [0.15, 0.2) is 29.5 Å². The van der Waals surface area contributed by atoms with Gasteiger partial charge in [0.25, 0.3) is 5.88 Å². The largest absolute Gasteiger partial charge is 0.468 e. The van der Waals surface area contributed by atoms with Crippen molar-refractivity contribution in [3.05, 3.63) is 47.4 Å². The first kappa shape index (κ1) is 20.8. The van der Waals surface area contributed by atoms with Crippen molar-refractivity contribution >= 4 is 18.2 Å². The van der Waals surface area contributed by atoms with Gasteiger partial charge in [-0.15, -0.1) is 0 Å². The highest BCUT2D eigenvalue weighted by molar-refractivity contribution is 5.79. The average molecular weight is 436 g/mol. The maximum absolute atomic E-state index is 13.9. The number of hydrogen-bond donors (Lipinski definition) is 2. The number of nitrogens with one attached hydrogen (secondary N) is 1. The number of likely N-dealkylation sites (tertiary alicyclic amines) is 1. The van der Waals surface area contributed by atoms with Gasteiger partial charge in [-0.2, -0.15) is 14.5 Å². The van der Waals surface area contributed by atoms with Gasteiger partial charge in [-0.05, 0) is 17.7 Å². The number of hydrazone groups is 1. The van der Waals surface area contributed by atoms with Crippen molar-refractivity contribution in [2.24, 2.45) is 5.10 Å². The van der Waals surface area contributed by atoms with E-state index in [9.17, 15) is 18.0 Å². The molecule has 4 rings (SSSR count). The predicted molar refractivity (Wildman–Crippen MR) is 103 cm³/mol. The molecule has 2 amide bonds. The second kappa shape index (κ2) is 8.76. The highest BCUT2D eigenvalue weighted by atomic mass is 19.1. The molecule has 9 nitrogen and oxygen atoms in total. The van der Waals surface area contributed by atoms with Crippen molar-refractivity contribution < 1.29 is 27.8 Å². The number of nitrogens with zero attached hydrogens (tertiary/aromatic N) is 5. The molecule has 2 aliphatic rings. The molecular weight excluding hydrogens is 417 g/mol. The van der Waals surface area contributed by atoms with Crippen molar-refractivity contribution in [1.29, 1.82) is 0 Å². The van der Waals surface area contributed by atoms with Crippen molar-refractivity contribution in [1.82, 2.24) is 19.9 Å². The third kappa shape index (κ3) is 4.53. The normalized spacial score (nSPS) is 18.3. The van der Waals surface area contributed by atoms with Crippen molar-refractivity contribution in [3.8, 4) is 5.88 Å². The van der Waals surface area contributed by atoms with Crippen LogP contribution in [0.5, 0.6) is 5.88 Å². The minimum absolute atomic E-state index is 0.106. The Hall–Kier alpha value is -3.41. The molecule has 0 bridgehead atoms. The predicted octanol–water partition coefficient (Wildman–Crippen LogP) is 1.91. The fourth-order valence-corrected chi connectivity index (χ4v) is 3.30. The van der Waals surface area contributed by atoms with Crippen LogP contribution in [0, 0.1) is 17.5 Å². The molecule has 12 heteroatoms. The maximum Gasteiger partial charge on any atom is 0.341 e. The van der Waals surface area contributed by atoms with Crippen LogP contribution >= 0.6 is 0 Å². The summed E-state index contributed by atoms with van der Waals surface area (Å²) in [6.45, 7) is 0.387. The lowest BCUT2D eigenvalue weighted by Crippen LogP contribution is -2.59. The average Bonchev–Trinajstić information content (AvgIpc) is 3.19. The SMILES string of the molecule is O=C(N1CC(Oc2nc(NCCO)ncc2F)C1)N1N=CCC1c1cc(F)cc(F)c1. The second-order valence-electron chi connectivity index (χ2n) is 7.02. The van der Waals surface area contributed by atoms with E-state index < -0.39 is 35.6 Å². The molecule has 1 aromatic carbocycles. The van der Waals surface area contributed by atoms with Crippen molar-refractivity contribution in [2.45, 2.75) is 18.6 Å². The first-order valence-corrected chi connectivity index (χ1v) is 9.55. The van der Waals surface area contributed by atoms with Gasteiger partial charge in [-0.25, -0.2) is 23.6 Å². The van der Waals surface area contributed by atoms with Crippen LogP contribution in [0.3, 0.4) is 0 Å². The number of anilines is 1. The van der Waals surface area contributed by atoms with E-state index in [1.807, 2.05) is 0 Å². The number of rotatable bonds is 6. The molecule has 1 atom stereocenters. The summed E-state index contributed by atoms with van der Waals surface area (Å²) in [4.78, 5) is 21.9. The Balaban J connectivity index is 1.36. The molecule has 1 aromatic heterocycles. The Labute approximate surface area is 175 Å². The monoisotopic (exact) mass is 436 g/mol. The number of amides is 2. The van der Waals surface area contributed by atoms with Crippen molar-refractivity contribution in [2.75, 3.05) is 31.6 Å². The Bertz CT molecular complexity index is 982. The third-order valence-corrected chi connectivity index (χ3v) is 4.80. The Kier molecular flexibility index (Phi) is 5.89. The number of halogens is 3.